The van der Waals surface area contributed by atoms with Crippen molar-refractivity contribution >= 4 is 5.91 Å². The first-order valence-corrected chi connectivity index (χ1v) is 6.44. The van der Waals surface area contributed by atoms with Crippen molar-refractivity contribution in [3.8, 4) is 0 Å². The van der Waals surface area contributed by atoms with E-state index in [1.54, 1.807) is 0 Å². The molecule has 1 aliphatic carbocycles. The van der Waals surface area contributed by atoms with Crippen molar-refractivity contribution in [1.29, 1.82) is 0 Å². The summed E-state index contributed by atoms with van der Waals surface area (Å²) in [5.74, 6) is 0.0934. The minimum Gasteiger partial charge on any atom is -0.396 e. The molecule has 1 saturated carbocycles. The van der Waals surface area contributed by atoms with Crippen LogP contribution < -0.4 is 10.6 Å². The summed E-state index contributed by atoms with van der Waals surface area (Å²) >= 11 is 0. The molecule has 4 nitrogen and oxygen atoms in total. The molecule has 0 aromatic carbocycles. The molecule has 1 fully saturated rings. The molecule has 1 rings (SSSR count). The lowest BCUT2D eigenvalue weighted by Crippen LogP contribution is -2.38. The van der Waals surface area contributed by atoms with E-state index in [0.29, 0.717) is 12.6 Å². The molecule has 0 aliphatic heterocycles. The second kappa shape index (κ2) is 8.53. The molecule has 4 heteroatoms. The zero-order valence-corrected chi connectivity index (χ0v) is 10.0. The topological polar surface area (TPSA) is 61.4 Å². The van der Waals surface area contributed by atoms with Crippen LogP contribution in [0, 0.1) is 0 Å². The fraction of sp³-hybridized carbons (Fsp3) is 0.917. The predicted octanol–water partition coefficient (Wildman–Crippen LogP) is 0.797. The maximum Gasteiger partial charge on any atom is 0.233 e. The molecule has 0 aromatic heterocycles. The number of amides is 1. The number of aliphatic hydroxyl groups is 1. The summed E-state index contributed by atoms with van der Waals surface area (Å²) < 4.78 is 0. The van der Waals surface area contributed by atoms with Gasteiger partial charge >= 0.3 is 0 Å². The van der Waals surface area contributed by atoms with E-state index < -0.39 is 0 Å². The molecule has 0 heterocycles. The largest absolute Gasteiger partial charge is 0.396 e. The van der Waals surface area contributed by atoms with Gasteiger partial charge in [0.15, 0.2) is 0 Å². The van der Waals surface area contributed by atoms with E-state index in [0.717, 1.165) is 25.8 Å². The second-order valence-electron chi connectivity index (χ2n) is 4.50. The van der Waals surface area contributed by atoms with Crippen LogP contribution in [-0.2, 0) is 4.79 Å². The number of carbonyl (C=O) groups is 1. The first kappa shape index (κ1) is 13.5. The van der Waals surface area contributed by atoms with Gasteiger partial charge < -0.3 is 15.7 Å². The van der Waals surface area contributed by atoms with Crippen molar-refractivity contribution in [3.05, 3.63) is 0 Å². The third-order valence-corrected chi connectivity index (χ3v) is 3.06. The van der Waals surface area contributed by atoms with Gasteiger partial charge in [0.05, 0.1) is 6.54 Å². The van der Waals surface area contributed by atoms with Gasteiger partial charge in [0.25, 0.3) is 0 Å². The van der Waals surface area contributed by atoms with Crippen LogP contribution in [0.1, 0.15) is 44.9 Å². The fourth-order valence-corrected chi connectivity index (χ4v) is 2.07. The number of nitrogens with one attached hydrogen (secondary N) is 2. The molecule has 1 aliphatic rings. The lowest BCUT2D eigenvalue weighted by molar-refractivity contribution is -0.120. The lowest BCUT2D eigenvalue weighted by Gasteiger charge is -2.11. The van der Waals surface area contributed by atoms with Gasteiger partial charge in [-0.15, -0.1) is 0 Å². The van der Waals surface area contributed by atoms with Crippen LogP contribution in [0.5, 0.6) is 0 Å². The Balaban J connectivity index is 1.90. The maximum absolute atomic E-state index is 11.4. The van der Waals surface area contributed by atoms with E-state index in [4.69, 9.17) is 5.11 Å². The van der Waals surface area contributed by atoms with Crippen molar-refractivity contribution in [2.45, 2.75) is 51.0 Å². The molecule has 1 amide bonds. The van der Waals surface area contributed by atoms with E-state index in [1.807, 2.05) is 0 Å². The highest BCUT2D eigenvalue weighted by molar-refractivity contribution is 5.77. The first-order valence-electron chi connectivity index (χ1n) is 6.44. The SMILES string of the molecule is O=C(CNC1CCCC1)NCCCCCO. The highest BCUT2D eigenvalue weighted by atomic mass is 16.2. The molecular weight excluding hydrogens is 204 g/mol. The summed E-state index contributed by atoms with van der Waals surface area (Å²) in [5.41, 5.74) is 0. The van der Waals surface area contributed by atoms with E-state index in [1.165, 1.54) is 25.7 Å². The Bertz CT molecular complexity index is 191. The van der Waals surface area contributed by atoms with Crippen LogP contribution in [0.2, 0.25) is 0 Å². The van der Waals surface area contributed by atoms with Crippen LogP contribution in [-0.4, -0.2) is 36.8 Å². The minimum absolute atomic E-state index is 0.0934. The average Bonchev–Trinajstić information content (AvgIpc) is 2.79. The van der Waals surface area contributed by atoms with Crippen molar-refractivity contribution in [1.82, 2.24) is 10.6 Å². The highest BCUT2D eigenvalue weighted by Gasteiger charge is 2.14. The van der Waals surface area contributed by atoms with Crippen molar-refractivity contribution in [2.75, 3.05) is 19.7 Å². The van der Waals surface area contributed by atoms with Crippen LogP contribution in [0.3, 0.4) is 0 Å². The molecule has 0 spiro atoms. The smallest absolute Gasteiger partial charge is 0.233 e. The third kappa shape index (κ3) is 6.08. The Hall–Kier alpha value is -0.610. The summed E-state index contributed by atoms with van der Waals surface area (Å²) in [6.45, 7) is 1.42. The number of aliphatic hydroxyl groups excluding tert-OH is 1. The van der Waals surface area contributed by atoms with E-state index in [9.17, 15) is 4.79 Å². The fourth-order valence-electron chi connectivity index (χ4n) is 2.07. The standard InChI is InChI=1S/C12H24N2O2/c15-9-5-1-4-8-13-12(16)10-14-11-6-2-3-7-11/h11,14-15H,1-10H2,(H,13,16). The molecule has 16 heavy (non-hydrogen) atoms. The molecule has 0 bridgehead atoms. The zero-order valence-electron chi connectivity index (χ0n) is 10.0. The summed E-state index contributed by atoms with van der Waals surface area (Å²) in [4.78, 5) is 11.4. The van der Waals surface area contributed by atoms with Gasteiger partial charge in [-0.05, 0) is 32.1 Å². The quantitative estimate of drug-likeness (QED) is 0.538. The summed E-state index contributed by atoms with van der Waals surface area (Å²) in [7, 11) is 0. The van der Waals surface area contributed by atoms with Crippen LogP contribution >= 0.6 is 0 Å². The van der Waals surface area contributed by atoms with Gasteiger partial charge in [-0.2, -0.15) is 0 Å². The van der Waals surface area contributed by atoms with Crippen molar-refractivity contribution < 1.29 is 9.90 Å². The average molecular weight is 228 g/mol. The van der Waals surface area contributed by atoms with E-state index in [2.05, 4.69) is 10.6 Å². The summed E-state index contributed by atoms with van der Waals surface area (Å²) in [6.07, 6.45) is 7.77. The Morgan fingerprint density at radius 1 is 1.19 bits per heavy atom. The number of carbonyl (C=O) groups excluding carboxylic acids is 1. The number of hydrogen-bond donors (Lipinski definition) is 3. The van der Waals surface area contributed by atoms with Crippen LogP contribution in [0.25, 0.3) is 0 Å². The molecule has 0 atom stereocenters. The Kier molecular flexibility index (Phi) is 7.17. The van der Waals surface area contributed by atoms with Gasteiger partial charge in [-0.3, -0.25) is 4.79 Å². The molecule has 0 aromatic rings. The number of unbranched alkanes of at least 4 members (excludes halogenated alkanes) is 2. The molecule has 0 saturated heterocycles. The normalized spacial score (nSPS) is 16.6. The van der Waals surface area contributed by atoms with Crippen molar-refractivity contribution in [3.63, 3.8) is 0 Å². The monoisotopic (exact) mass is 228 g/mol. The molecule has 94 valence electrons. The van der Waals surface area contributed by atoms with Gasteiger partial charge in [0, 0.05) is 19.2 Å². The molecule has 0 unspecified atom stereocenters. The predicted molar refractivity (Wildman–Crippen MR) is 64.2 cm³/mol. The van der Waals surface area contributed by atoms with Crippen LogP contribution in [0.4, 0.5) is 0 Å². The highest BCUT2D eigenvalue weighted by Crippen LogP contribution is 2.17. The van der Waals surface area contributed by atoms with E-state index >= 15 is 0 Å². The Morgan fingerprint density at radius 3 is 2.62 bits per heavy atom. The Labute approximate surface area is 97.8 Å². The first-order chi connectivity index (χ1) is 7.83. The van der Waals surface area contributed by atoms with Crippen LogP contribution in [0.15, 0.2) is 0 Å². The second-order valence-corrected chi connectivity index (χ2v) is 4.50. The van der Waals surface area contributed by atoms with Gasteiger partial charge in [0.2, 0.25) is 5.91 Å². The molecule has 0 radical (unpaired) electrons. The van der Waals surface area contributed by atoms with Gasteiger partial charge in [-0.1, -0.05) is 12.8 Å². The number of hydrogen-bond acceptors (Lipinski definition) is 3. The molecule has 3 N–H and O–H groups in total. The summed E-state index contributed by atoms with van der Waals surface area (Å²) in [6, 6.07) is 0.556. The van der Waals surface area contributed by atoms with Gasteiger partial charge in [0.1, 0.15) is 0 Å². The summed E-state index contributed by atoms with van der Waals surface area (Å²) in [5, 5.41) is 14.7. The van der Waals surface area contributed by atoms with Gasteiger partial charge in [-0.25, -0.2) is 0 Å². The number of rotatable bonds is 8. The van der Waals surface area contributed by atoms with Crippen molar-refractivity contribution in [2.24, 2.45) is 0 Å². The Morgan fingerprint density at radius 2 is 1.94 bits per heavy atom. The zero-order chi connectivity index (χ0) is 11.6. The minimum atomic E-state index is 0.0934. The third-order valence-electron chi connectivity index (χ3n) is 3.06. The lowest BCUT2D eigenvalue weighted by atomic mass is 10.2. The molecular formula is C12H24N2O2. The maximum atomic E-state index is 11.4. The van der Waals surface area contributed by atoms with E-state index in [-0.39, 0.29) is 12.5 Å².